The first kappa shape index (κ1) is 14.6. The van der Waals surface area contributed by atoms with Crippen LogP contribution in [0.1, 0.15) is 11.1 Å². The van der Waals surface area contributed by atoms with E-state index in [2.05, 4.69) is 0 Å². The van der Waals surface area contributed by atoms with Crippen molar-refractivity contribution in [2.75, 3.05) is 7.11 Å². The second-order valence-electron chi connectivity index (χ2n) is 4.16. The van der Waals surface area contributed by atoms with E-state index in [1.54, 1.807) is 25.3 Å². The van der Waals surface area contributed by atoms with Crippen LogP contribution in [0.2, 0.25) is 5.02 Å². The van der Waals surface area contributed by atoms with E-state index in [0.717, 1.165) is 0 Å². The van der Waals surface area contributed by atoms with E-state index in [-0.39, 0.29) is 19.0 Å². The highest BCUT2D eigenvalue weighted by Crippen LogP contribution is 2.25. The summed E-state index contributed by atoms with van der Waals surface area (Å²) in [5.41, 5.74) is 0.934. The molecular weight excluding hydrogens is 283 g/mol. The van der Waals surface area contributed by atoms with Gasteiger partial charge in [0.1, 0.15) is 23.9 Å². The maximum atomic E-state index is 13.6. The first-order chi connectivity index (χ1) is 9.63. The number of benzene rings is 2. The van der Waals surface area contributed by atoms with Crippen molar-refractivity contribution in [1.29, 1.82) is 0 Å². The van der Waals surface area contributed by atoms with Crippen LogP contribution in [0.15, 0.2) is 36.4 Å². The summed E-state index contributed by atoms with van der Waals surface area (Å²) in [6.07, 6.45) is 0. The van der Waals surface area contributed by atoms with Crippen LogP contribution in [0, 0.1) is 5.82 Å². The van der Waals surface area contributed by atoms with Crippen LogP contribution in [0.4, 0.5) is 4.39 Å². The van der Waals surface area contributed by atoms with Gasteiger partial charge in [0.25, 0.3) is 0 Å². The summed E-state index contributed by atoms with van der Waals surface area (Å²) in [5, 5.41) is 9.75. The second-order valence-corrected chi connectivity index (χ2v) is 4.59. The highest BCUT2D eigenvalue weighted by molar-refractivity contribution is 6.30. The van der Waals surface area contributed by atoms with Crippen LogP contribution in [0.3, 0.4) is 0 Å². The number of methoxy groups -OCH3 is 1. The molecule has 0 bridgehead atoms. The van der Waals surface area contributed by atoms with E-state index in [0.29, 0.717) is 27.6 Å². The second kappa shape index (κ2) is 6.59. The van der Waals surface area contributed by atoms with Crippen LogP contribution in [-0.4, -0.2) is 12.2 Å². The minimum Gasteiger partial charge on any atom is -0.497 e. The van der Waals surface area contributed by atoms with Gasteiger partial charge in [0, 0.05) is 16.1 Å². The molecule has 0 aliphatic carbocycles. The molecule has 0 saturated carbocycles. The van der Waals surface area contributed by atoms with Crippen molar-refractivity contribution < 1.29 is 19.0 Å². The Kier molecular flexibility index (Phi) is 4.82. The quantitative estimate of drug-likeness (QED) is 0.917. The van der Waals surface area contributed by atoms with Gasteiger partial charge in [-0.05, 0) is 36.4 Å². The fraction of sp³-hybridized carbons (Fsp3) is 0.200. The Labute approximate surface area is 121 Å². The van der Waals surface area contributed by atoms with Gasteiger partial charge in [-0.2, -0.15) is 0 Å². The molecule has 0 aliphatic rings. The molecule has 3 nitrogen and oxygen atoms in total. The van der Waals surface area contributed by atoms with Crippen molar-refractivity contribution in [3.8, 4) is 11.5 Å². The lowest BCUT2D eigenvalue weighted by atomic mass is 10.2. The molecule has 2 aromatic rings. The number of hydrogen-bond donors (Lipinski definition) is 1. The minimum absolute atomic E-state index is 0.0335. The number of aliphatic hydroxyl groups is 1. The lowest BCUT2D eigenvalue weighted by molar-refractivity contribution is 0.256. The third kappa shape index (κ3) is 3.40. The predicted octanol–water partition coefficient (Wildman–Crippen LogP) is 3.56. The molecule has 1 N–H and O–H groups in total. The largest absolute Gasteiger partial charge is 0.497 e. The molecule has 0 amide bonds. The van der Waals surface area contributed by atoms with E-state index < -0.39 is 0 Å². The Balaban J connectivity index is 2.16. The van der Waals surface area contributed by atoms with E-state index in [1.165, 1.54) is 18.2 Å². The van der Waals surface area contributed by atoms with Crippen LogP contribution in [0.25, 0.3) is 0 Å². The van der Waals surface area contributed by atoms with Gasteiger partial charge in [0.15, 0.2) is 0 Å². The Morgan fingerprint density at radius 2 is 1.95 bits per heavy atom. The molecule has 0 atom stereocenters. The fourth-order valence-corrected chi connectivity index (χ4v) is 1.95. The maximum Gasteiger partial charge on any atom is 0.129 e. The topological polar surface area (TPSA) is 38.7 Å². The van der Waals surface area contributed by atoms with Crippen LogP contribution < -0.4 is 9.47 Å². The number of aliphatic hydroxyl groups excluding tert-OH is 1. The average Bonchev–Trinajstić information content (AvgIpc) is 2.48. The summed E-state index contributed by atoms with van der Waals surface area (Å²) >= 11 is 5.82. The number of ether oxygens (including phenoxy) is 2. The van der Waals surface area contributed by atoms with Crippen molar-refractivity contribution in [3.05, 3.63) is 58.4 Å². The first-order valence-corrected chi connectivity index (χ1v) is 6.36. The molecule has 0 aromatic heterocycles. The van der Waals surface area contributed by atoms with Crippen LogP contribution in [0.5, 0.6) is 11.5 Å². The van der Waals surface area contributed by atoms with Gasteiger partial charge >= 0.3 is 0 Å². The molecular formula is C15H14ClFO3. The lowest BCUT2D eigenvalue weighted by Gasteiger charge is -2.12. The van der Waals surface area contributed by atoms with Gasteiger partial charge in [-0.3, -0.25) is 0 Å². The van der Waals surface area contributed by atoms with Crippen molar-refractivity contribution in [2.24, 2.45) is 0 Å². The molecule has 2 rings (SSSR count). The third-order valence-electron chi connectivity index (χ3n) is 2.83. The lowest BCUT2D eigenvalue weighted by Crippen LogP contribution is -2.01. The zero-order valence-electron chi connectivity index (χ0n) is 10.9. The third-order valence-corrected chi connectivity index (χ3v) is 3.06. The smallest absolute Gasteiger partial charge is 0.129 e. The van der Waals surface area contributed by atoms with Gasteiger partial charge in [-0.25, -0.2) is 4.39 Å². The van der Waals surface area contributed by atoms with Crippen LogP contribution in [-0.2, 0) is 13.2 Å². The zero-order chi connectivity index (χ0) is 14.5. The number of rotatable bonds is 5. The molecule has 106 valence electrons. The minimum atomic E-state index is -0.381. The maximum absolute atomic E-state index is 13.6. The molecule has 2 aromatic carbocycles. The molecule has 0 aliphatic heterocycles. The number of halogens is 2. The van der Waals surface area contributed by atoms with E-state index in [9.17, 15) is 9.50 Å². The number of hydrogen-bond acceptors (Lipinski definition) is 3. The van der Waals surface area contributed by atoms with Gasteiger partial charge in [0.2, 0.25) is 0 Å². The van der Waals surface area contributed by atoms with Crippen molar-refractivity contribution >= 4 is 11.6 Å². The molecule has 0 fully saturated rings. The SMILES string of the molecule is COc1ccc(OCc2cc(Cl)ccc2F)c(CO)c1. The Morgan fingerprint density at radius 3 is 2.65 bits per heavy atom. The molecule has 0 spiro atoms. The first-order valence-electron chi connectivity index (χ1n) is 5.98. The highest BCUT2D eigenvalue weighted by Gasteiger charge is 2.08. The molecule has 0 unspecified atom stereocenters. The highest BCUT2D eigenvalue weighted by atomic mass is 35.5. The Hall–Kier alpha value is -1.78. The summed E-state index contributed by atoms with van der Waals surface area (Å²) < 4.78 is 24.2. The van der Waals surface area contributed by atoms with E-state index in [1.807, 2.05) is 0 Å². The molecule has 20 heavy (non-hydrogen) atoms. The summed E-state index contributed by atoms with van der Waals surface area (Å²) in [5.74, 6) is 0.719. The fourth-order valence-electron chi connectivity index (χ4n) is 1.76. The van der Waals surface area contributed by atoms with Gasteiger partial charge in [0.05, 0.1) is 13.7 Å². The van der Waals surface area contributed by atoms with Crippen molar-refractivity contribution in [1.82, 2.24) is 0 Å². The van der Waals surface area contributed by atoms with Gasteiger partial charge < -0.3 is 14.6 Å². The summed E-state index contributed by atoms with van der Waals surface area (Å²) in [7, 11) is 1.54. The van der Waals surface area contributed by atoms with Crippen molar-refractivity contribution in [3.63, 3.8) is 0 Å². The monoisotopic (exact) mass is 296 g/mol. The molecule has 0 heterocycles. The summed E-state index contributed by atoms with van der Waals surface area (Å²) in [4.78, 5) is 0. The summed E-state index contributed by atoms with van der Waals surface area (Å²) in [6.45, 7) is -0.156. The molecule has 0 radical (unpaired) electrons. The Bertz CT molecular complexity index is 602. The van der Waals surface area contributed by atoms with Gasteiger partial charge in [-0.15, -0.1) is 0 Å². The van der Waals surface area contributed by atoms with Crippen molar-refractivity contribution in [2.45, 2.75) is 13.2 Å². The van der Waals surface area contributed by atoms with E-state index in [4.69, 9.17) is 21.1 Å². The summed E-state index contributed by atoms with van der Waals surface area (Å²) in [6, 6.07) is 9.34. The van der Waals surface area contributed by atoms with Gasteiger partial charge in [-0.1, -0.05) is 11.6 Å². The predicted molar refractivity (Wildman–Crippen MR) is 74.7 cm³/mol. The van der Waals surface area contributed by atoms with E-state index >= 15 is 0 Å². The Morgan fingerprint density at radius 1 is 1.15 bits per heavy atom. The normalized spacial score (nSPS) is 10.4. The molecule has 5 heteroatoms. The zero-order valence-corrected chi connectivity index (χ0v) is 11.7. The standard InChI is InChI=1S/C15H14ClFO3/c1-19-13-3-5-15(10(7-13)8-18)20-9-11-6-12(16)2-4-14(11)17/h2-7,18H,8-9H2,1H3. The average molecular weight is 297 g/mol. The molecule has 0 saturated heterocycles. The van der Waals surface area contributed by atoms with Crippen LogP contribution >= 0.6 is 11.6 Å².